The third kappa shape index (κ3) is 5.92. The van der Waals surface area contributed by atoms with Gasteiger partial charge in [0.25, 0.3) is 0 Å². The molecule has 0 saturated heterocycles. The van der Waals surface area contributed by atoms with Crippen molar-refractivity contribution in [3.8, 4) is 23.0 Å². The van der Waals surface area contributed by atoms with Crippen molar-refractivity contribution >= 4 is 44.0 Å². The van der Waals surface area contributed by atoms with Gasteiger partial charge in [0.2, 0.25) is 0 Å². The Morgan fingerprint density at radius 3 is 2.49 bits per heavy atom. The number of ether oxygens (including phenoxy) is 3. The monoisotopic (exact) mass is 556 g/mol. The summed E-state index contributed by atoms with van der Waals surface area (Å²) in [4.78, 5) is 8.88. The fraction of sp³-hybridized carbons (Fsp3) is 0.103. The number of nitrogens with one attached hydrogen (secondary N) is 2. The quantitative estimate of drug-likeness (QED) is 0.194. The van der Waals surface area contributed by atoms with Gasteiger partial charge in [0, 0.05) is 33.8 Å². The topological polar surface area (TPSA) is 77.5 Å². The summed E-state index contributed by atoms with van der Waals surface area (Å²) in [7, 11) is 3.24. The Morgan fingerprint density at radius 2 is 1.65 bits per heavy atom. The standard InChI is InChI=1S/C29H25BrN4O3/c1-35-23-10-12-27(36-2)28(16-23)37-24-8-3-5-19(13-24)17-31-21-9-11-26-25(15-21)29(33-18-32-26)34-22-7-4-6-20(30)14-22/h3-16,18,31H,17H2,1-2H3,(H,32,33,34). The molecule has 4 aromatic carbocycles. The summed E-state index contributed by atoms with van der Waals surface area (Å²) < 4.78 is 17.9. The van der Waals surface area contributed by atoms with Gasteiger partial charge in [-0.25, -0.2) is 9.97 Å². The van der Waals surface area contributed by atoms with E-state index in [9.17, 15) is 0 Å². The maximum absolute atomic E-state index is 6.11. The Hall–Kier alpha value is -4.30. The van der Waals surface area contributed by atoms with Gasteiger partial charge in [0.05, 0.1) is 19.7 Å². The number of anilines is 3. The molecule has 0 fully saturated rings. The molecule has 7 nitrogen and oxygen atoms in total. The minimum absolute atomic E-state index is 0.590. The molecule has 0 saturated carbocycles. The number of methoxy groups -OCH3 is 2. The fourth-order valence-electron chi connectivity index (χ4n) is 3.88. The normalized spacial score (nSPS) is 10.7. The maximum atomic E-state index is 6.11. The number of fused-ring (bicyclic) bond motifs is 1. The molecular formula is C29H25BrN4O3. The van der Waals surface area contributed by atoms with Gasteiger partial charge in [0.15, 0.2) is 11.5 Å². The molecule has 1 heterocycles. The van der Waals surface area contributed by atoms with E-state index in [2.05, 4.69) is 42.6 Å². The molecular weight excluding hydrogens is 532 g/mol. The van der Waals surface area contributed by atoms with E-state index >= 15 is 0 Å². The minimum Gasteiger partial charge on any atom is -0.497 e. The van der Waals surface area contributed by atoms with Crippen LogP contribution in [0.2, 0.25) is 0 Å². The number of nitrogens with zero attached hydrogens (tertiary/aromatic N) is 2. The Morgan fingerprint density at radius 1 is 0.757 bits per heavy atom. The number of halogens is 1. The first-order chi connectivity index (χ1) is 18.1. The molecule has 0 radical (unpaired) electrons. The Labute approximate surface area is 223 Å². The number of hydrogen-bond acceptors (Lipinski definition) is 7. The lowest BCUT2D eigenvalue weighted by Gasteiger charge is -2.13. The van der Waals surface area contributed by atoms with Crippen LogP contribution in [0.3, 0.4) is 0 Å². The number of aromatic nitrogens is 2. The first-order valence-electron chi connectivity index (χ1n) is 11.6. The summed E-state index contributed by atoms with van der Waals surface area (Å²) >= 11 is 3.51. The van der Waals surface area contributed by atoms with Crippen LogP contribution in [0.1, 0.15) is 5.56 Å². The van der Waals surface area contributed by atoms with Gasteiger partial charge in [0.1, 0.15) is 23.6 Å². The second kappa shape index (κ2) is 11.2. The molecule has 5 aromatic rings. The molecule has 186 valence electrons. The molecule has 2 N–H and O–H groups in total. The summed E-state index contributed by atoms with van der Waals surface area (Å²) in [6.45, 7) is 0.611. The lowest BCUT2D eigenvalue weighted by molar-refractivity contribution is 0.371. The zero-order chi connectivity index (χ0) is 25.6. The van der Waals surface area contributed by atoms with Crippen molar-refractivity contribution in [3.05, 3.63) is 101 Å². The van der Waals surface area contributed by atoms with Gasteiger partial charge in [-0.3, -0.25) is 0 Å². The predicted octanol–water partition coefficient (Wildman–Crippen LogP) is 7.56. The zero-order valence-corrected chi connectivity index (χ0v) is 22.0. The van der Waals surface area contributed by atoms with E-state index in [1.54, 1.807) is 26.6 Å². The van der Waals surface area contributed by atoms with Gasteiger partial charge in [-0.15, -0.1) is 0 Å². The molecule has 1 aromatic heterocycles. The molecule has 0 spiro atoms. The van der Waals surface area contributed by atoms with Crippen molar-refractivity contribution < 1.29 is 14.2 Å². The average molecular weight is 557 g/mol. The van der Waals surface area contributed by atoms with E-state index in [0.717, 1.165) is 38.1 Å². The summed E-state index contributed by atoms with van der Waals surface area (Å²) in [5, 5.41) is 7.81. The molecule has 0 aliphatic heterocycles. The SMILES string of the molecule is COc1ccc(OC)c(Oc2cccc(CNc3ccc4ncnc(Nc5cccc(Br)c5)c4c3)c2)c1. The Bertz CT molecular complexity index is 1540. The average Bonchev–Trinajstić information content (AvgIpc) is 2.92. The van der Waals surface area contributed by atoms with Crippen LogP contribution in [0, 0.1) is 0 Å². The van der Waals surface area contributed by atoms with Crippen LogP contribution in [0.15, 0.2) is 95.7 Å². The third-order valence-electron chi connectivity index (χ3n) is 5.72. The van der Waals surface area contributed by atoms with Crippen molar-refractivity contribution in [3.63, 3.8) is 0 Å². The molecule has 0 amide bonds. The smallest absolute Gasteiger partial charge is 0.172 e. The molecule has 0 aliphatic carbocycles. The zero-order valence-electron chi connectivity index (χ0n) is 20.4. The van der Waals surface area contributed by atoms with Crippen molar-refractivity contribution in [1.82, 2.24) is 9.97 Å². The molecule has 0 bridgehead atoms. The third-order valence-corrected chi connectivity index (χ3v) is 6.21. The molecule has 5 rings (SSSR count). The van der Waals surface area contributed by atoms with Crippen LogP contribution >= 0.6 is 15.9 Å². The second-order valence-corrected chi connectivity index (χ2v) is 9.13. The molecule has 8 heteroatoms. The highest BCUT2D eigenvalue weighted by atomic mass is 79.9. The molecule has 0 aliphatic rings. The highest BCUT2D eigenvalue weighted by molar-refractivity contribution is 9.10. The number of benzene rings is 4. The van der Waals surface area contributed by atoms with Crippen molar-refractivity contribution in [2.75, 3.05) is 24.9 Å². The summed E-state index contributed by atoms with van der Waals surface area (Å²) in [6.07, 6.45) is 1.57. The lowest BCUT2D eigenvalue weighted by atomic mass is 10.1. The lowest BCUT2D eigenvalue weighted by Crippen LogP contribution is -2.01. The Kier molecular flexibility index (Phi) is 7.37. The second-order valence-electron chi connectivity index (χ2n) is 8.21. The first kappa shape index (κ1) is 24.4. The number of hydrogen-bond donors (Lipinski definition) is 2. The van der Waals surface area contributed by atoms with Crippen molar-refractivity contribution in [2.45, 2.75) is 6.54 Å². The highest BCUT2D eigenvalue weighted by Gasteiger charge is 2.09. The highest BCUT2D eigenvalue weighted by Crippen LogP contribution is 2.35. The van der Waals surface area contributed by atoms with E-state index in [1.807, 2.05) is 72.8 Å². The first-order valence-corrected chi connectivity index (χ1v) is 12.4. The van der Waals surface area contributed by atoms with Crippen molar-refractivity contribution in [1.29, 1.82) is 0 Å². The fourth-order valence-corrected chi connectivity index (χ4v) is 4.28. The maximum Gasteiger partial charge on any atom is 0.172 e. The molecule has 0 atom stereocenters. The van der Waals surface area contributed by atoms with Crippen LogP contribution in [-0.2, 0) is 6.54 Å². The van der Waals surface area contributed by atoms with Gasteiger partial charge in [-0.1, -0.05) is 34.1 Å². The largest absolute Gasteiger partial charge is 0.497 e. The van der Waals surface area contributed by atoms with E-state index in [0.29, 0.717) is 29.5 Å². The minimum atomic E-state index is 0.590. The van der Waals surface area contributed by atoms with E-state index in [1.165, 1.54) is 0 Å². The molecule has 0 unspecified atom stereocenters. The number of rotatable bonds is 9. The van der Waals surface area contributed by atoms with E-state index in [4.69, 9.17) is 14.2 Å². The van der Waals surface area contributed by atoms with Crippen LogP contribution in [0.4, 0.5) is 17.2 Å². The summed E-state index contributed by atoms with van der Waals surface area (Å²) in [6, 6.07) is 27.4. The Balaban J connectivity index is 1.32. The van der Waals surface area contributed by atoms with Crippen molar-refractivity contribution in [2.24, 2.45) is 0 Å². The van der Waals surface area contributed by atoms with E-state index < -0.39 is 0 Å². The summed E-state index contributed by atoms with van der Waals surface area (Å²) in [5.74, 6) is 3.37. The summed E-state index contributed by atoms with van der Waals surface area (Å²) in [5.41, 5.74) is 3.83. The van der Waals surface area contributed by atoms with Crippen LogP contribution < -0.4 is 24.8 Å². The van der Waals surface area contributed by atoms with Gasteiger partial charge < -0.3 is 24.8 Å². The van der Waals surface area contributed by atoms with Crippen LogP contribution in [-0.4, -0.2) is 24.2 Å². The van der Waals surface area contributed by atoms with E-state index in [-0.39, 0.29) is 0 Å². The van der Waals surface area contributed by atoms with Gasteiger partial charge >= 0.3 is 0 Å². The van der Waals surface area contributed by atoms with Crippen LogP contribution in [0.5, 0.6) is 23.0 Å². The van der Waals surface area contributed by atoms with Gasteiger partial charge in [-0.2, -0.15) is 0 Å². The predicted molar refractivity (Wildman–Crippen MR) is 150 cm³/mol. The van der Waals surface area contributed by atoms with Gasteiger partial charge in [-0.05, 0) is 66.2 Å². The molecule has 37 heavy (non-hydrogen) atoms. The van der Waals surface area contributed by atoms with Crippen LogP contribution in [0.25, 0.3) is 10.9 Å².